The van der Waals surface area contributed by atoms with Crippen molar-refractivity contribution < 1.29 is 19.0 Å². The highest BCUT2D eigenvalue weighted by molar-refractivity contribution is 5.80. The number of carbonyl (C=O) groups excluding carboxylic acids is 1. The second-order valence-electron chi connectivity index (χ2n) is 8.69. The number of nitrogens with zero attached hydrogens (tertiary/aromatic N) is 1. The molecule has 0 saturated carbocycles. The lowest BCUT2D eigenvalue weighted by Crippen LogP contribution is -2.09. The number of esters is 1. The Hall–Kier alpha value is -2.40. The van der Waals surface area contributed by atoms with Gasteiger partial charge in [-0.2, -0.15) is 0 Å². The summed E-state index contributed by atoms with van der Waals surface area (Å²) in [4.78, 5) is 16.6. The SMILES string of the molecule is CCCCCCCOCOc1cnccc1-c1ccccc1OC(=O)CCCCC(C)CC. The molecule has 2 aromatic rings. The first-order valence-corrected chi connectivity index (χ1v) is 12.6. The molecule has 182 valence electrons. The van der Waals surface area contributed by atoms with Gasteiger partial charge in [0, 0.05) is 23.7 Å². The van der Waals surface area contributed by atoms with Crippen LogP contribution in [0.2, 0.25) is 0 Å². The Morgan fingerprint density at radius 1 is 0.939 bits per heavy atom. The Labute approximate surface area is 199 Å². The summed E-state index contributed by atoms with van der Waals surface area (Å²) in [5.41, 5.74) is 1.64. The number of benzene rings is 1. The van der Waals surface area contributed by atoms with Gasteiger partial charge in [-0.25, -0.2) is 0 Å². The van der Waals surface area contributed by atoms with E-state index in [4.69, 9.17) is 14.2 Å². The molecule has 1 heterocycles. The van der Waals surface area contributed by atoms with E-state index in [1.807, 2.05) is 30.3 Å². The van der Waals surface area contributed by atoms with Gasteiger partial charge in [0.1, 0.15) is 11.5 Å². The fraction of sp³-hybridized carbons (Fsp3) is 0.571. The van der Waals surface area contributed by atoms with Gasteiger partial charge >= 0.3 is 5.97 Å². The molecule has 5 nitrogen and oxygen atoms in total. The standard InChI is InChI=1S/C28H41NO4/c1-4-6-7-8-13-20-31-22-32-27-21-29-19-18-25(27)24-15-10-11-16-26(24)33-28(30)17-12-9-14-23(3)5-2/h10-11,15-16,18-19,21,23H,4-9,12-14,17,20,22H2,1-3H3. The summed E-state index contributed by atoms with van der Waals surface area (Å²) in [6, 6.07) is 9.43. The smallest absolute Gasteiger partial charge is 0.311 e. The molecule has 2 rings (SSSR count). The third kappa shape index (κ3) is 10.4. The lowest BCUT2D eigenvalue weighted by molar-refractivity contribution is -0.134. The minimum atomic E-state index is -0.200. The molecule has 5 heteroatoms. The fourth-order valence-electron chi connectivity index (χ4n) is 3.61. The van der Waals surface area contributed by atoms with Crippen LogP contribution < -0.4 is 9.47 Å². The maximum absolute atomic E-state index is 12.4. The highest BCUT2D eigenvalue weighted by atomic mass is 16.7. The van der Waals surface area contributed by atoms with Crippen molar-refractivity contribution in [3.63, 3.8) is 0 Å². The van der Waals surface area contributed by atoms with Gasteiger partial charge < -0.3 is 14.2 Å². The fourth-order valence-corrected chi connectivity index (χ4v) is 3.61. The number of hydrogen-bond acceptors (Lipinski definition) is 5. The molecule has 0 radical (unpaired) electrons. The van der Waals surface area contributed by atoms with Crippen LogP contribution in [0.4, 0.5) is 0 Å². The van der Waals surface area contributed by atoms with Gasteiger partial charge in [0.15, 0.2) is 6.79 Å². The minimum Gasteiger partial charge on any atom is -0.465 e. The highest BCUT2D eigenvalue weighted by Gasteiger charge is 2.14. The number of ether oxygens (including phenoxy) is 3. The molecule has 33 heavy (non-hydrogen) atoms. The third-order valence-electron chi connectivity index (χ3n) is 5.90. The van der Waals surface area contributed by atoms with Gasteiger partial charge in [-0.05, 0) is 30.9 Å². The van der Waals surface area contributed by atoms with Crippen LogP contribution in [0.5, 0.6) is 11.5 Å². The summed E-state index contributed by atoms with van der Waals surface area (Å²) in [5.74, 6) is 1.66. The van der Waals surface area contributed by atoms with Crippen molar-refractivity contribution in [1.29, 1.82) is 0 Å². The van der Waals surface area contributed by atoms with Crippen molar-refractivity contribution in [2.24, 2.45) is 5.92 Å². The molecule has 0 spiro atoms. The van der Waals surface area contributed by atoms with E-state index in [9.17, 15) is 4.79 Å². The molecule has 0 fully saturated rings. The first-order chi connectivity index (χ1) is 16.2. The van der Waals surface area contributed by atoms with Crippen molar-refractivity contribution in [1.82, 2.24) is 4.98 Å². The molecule has 0 amide bonds. The maximum Gasteiger partial charge on any atom is 0.311 e. The molecule has 1 atom stereocenters. The number of rotatable bonds is 17. The quantitative estimate of drug-likeness (QED) is 0.106. The average Bonchev–Trinajstić information content (AvgIpc) is 2.84. The van der Waals surface area contributed by atoms with E-state index >= 15 is 0 Å². The average molecular weight is 456 g/mol. The van der Waals surface area contributed by atoms with Crippen LogP contribution in [-0.4, -0.2) is 24.4 Å². The zero-order valence-corrected chi connectivity index (χ0v) is 20.7. The number of para-hydroxylation sites is 1. The Kier molecular flexibility index (Phi) is 13.2. The van der Waals surface area contributed by atoms with Gasteiger partial charge in [0.25, 0.3) is 0 Å². The summed E-state index contributed by atoms with van der Waals surface area (Å²) < 4.78 is 17.2. The lowest BCUT2D eigenvalue weighted by atomic mass is 10.0. The molecule has 0 aliphatic rings. The van der Waals surface area contributed by atoms with E-state index in [0.717, 1.165) is 36.8 Å². The van der Waals surface area contributed by atoms with Crippen molar-refractivity contribution in [3.05, 3.63) is 42.7 Å². The topological polar surface area (TPSA) is 57.6 Å². The number of aromatic nitrogens is 1. The lowest BCUT2D eigenvalue weighted by Gasteiger charge is -2.14. The maximum atomic E-state index is 12.4. The number of hydrogen-bond donors (Lipinski definition) is 0. The molecule has 0 bridgehead atoms. The molecular formula is C28H41NO4. The first-order valence-electron chi connectivity index (χ1n) is 12.6. The van der Waals surface area contributed by atoms with Crippen molar-refractivity contribution in [3.8, 4) is 22.6 Å². The van der Waals surface area contributed by atoms with Crippen LogP contribution in [0.1, 0.15) is 85.0 Å². The van der Waals surface area contributed by atoms with E-state index in [2.05, 4.69) is 25.8 Å². The monoisotopic (exact) mass is 455 g/mol. The molecule has 0 aliphatic carbocycles. The van der Waals surface area contributed by atoms with Gasteiger partial charge in [-0.3, -0.25) is 9.78 Å². The molecule has 0 saturated heterocycles. The molecule has 0 N–H and O–H groups in total. The molecular weight excluding hydrogens is 414 g/mol. The van der Waals surface area contributed by atoms with Crippen molar-refractivity contribution in [2.45, 2.75) is 85.0 Å². The van der Waals surface area contributed by atoms with Crippen LogP contribution >= 0.6 is 0 Å². The number of unbranched alkanes of at least 4 members (excludes halogenated alkanes) is 5. The van der Waals surface area contributed by atoms with Gasteiger partial charge in [0.2, 0.25) is 0 Å². The van der Waals surface area contributed by atoms with E-state index in [0.29, 0.717) is 30.4 Å². The van der Waals surface area contributed by atoms with Gasteiger partial charge in [0.05, 0.1) is 12.8 Å². The minimum absolute atomic E-state index is 0.171. The van der Waals surface area contributed by atoms with E-state index < -0.39 is 0 Å². The molecule has 0 aliphatic heterocycles. The predicted molar refractivity (Wildman–Crippen MR) is 133 cm³/mol. The summed E-state index contributed by atoms with van der Waals surface area (Å²) in [7, 11) is 0. The first kappa shape index (κ1) is 26.8. The van der Waals surface area contributed by atoms with Crippen LogP contribution in [0.15, 0.2) is 42.7 Å². The van der Waals surface area contributed by atoms with Crippen molar-refractivity contribution in [2.75, 3.05) is 13.4 Å². The second-order valence-corrected chi connectivity index (χ2v) is 8.69. The highest BCUT2D eigenvalue weighted by Crippen LogP contribution is 2.36. The summed E-state index contributed by atoms with van der Waals surface area (Å²) >= 11 is 0. The molecule has 1 aromatic heterocycles. The van der Waals surface area contributed by atoms with E-state index in [-0.39, 0.29) is 12.8 Å². The van der Waals surface area contributed by atoms with Crippen molar-refractivity contribution >= 4 is 5.97 Å². The molecule has 1 aromatic carbocycles. The van der Waals surface area contributed by atoms with E-state index in [1.54, 1.807) is 12.4 Å². The summed E-state index contributed by atoms with van der Waals surface area (Å²) in [5, 5.41) is 0. The predicted octanol–water partition coefficient (Wildman–Crippen LogP) is 7.58. The molecule has 1 unspecified atom stereocenters. The second kappa shape index (κ2) is 16.2. The normalized spacial score (nSPS) is 11.8. The van der Waals surface area contributed by atoms with Gasteiger partial charge in [-0.1, -0.05) is 83.9 Å². The van der Waals surface area contributed by atoms with Gasteiger partial charge in [-0.15, -0.1) is 0 Å². The van der Waals surface area contributed by atoms with E-state index in [1.165, 1.54) is 32.1 Å². The number of carbonyl (C=O) groups is 1. The van der Waals surface area contributed by atoms with Crippen LogP contribution in [0.3, 0.4) is 0 Å². The Bertz CT molecular complexity index is 808. The zero-order valence-electron chi connectivity index (χ0n) is 20.7. The Morgan fingerprint density at radius 2 is 1.73 bits per heavy atom. The Balaban J connectivity index is 1.90. The van der Waals surface area contributed by atoms with Crippen LogP contribution in [0.25, 0.3) is 11.1 Å². The number of pyridine rings is 1. The van der Waals surface area contributed by atoms with Crippen LogP contribution in [0, 0.1) is 5.92 Å². The Morgan fingerprint density at radius 3 is 2.55 bits per heavy atom. The summed E-state index contributed by atoms with van der Waals surface area (Å²) in [6.45, 7) is 7.52. The largest absolute Gasteiger partial charge is 0.465 e. The van der Waals surface area contributed by atoms with Crippen LogP contribution in [-0.2, 0) is 9.53 Å². The zero-order chi connectivity index (χ0) is 23.7. The third-order valence-corrected chi connectivity index (χ3v) is 5.90. The summed E-state index contributed by atoms with van der Waals surface area (Å²) in [6.07, 6.45) is 14.0.